The number of nitrogens with zero attached hydrogens (tertiary/aromatic N) is 1. The second-order valence-corrected chi connectivity index (χ2v) is 8.76. The molecule has 0 atom stereocenters. The fourth-order valence-electron chi connectivity index (χ4n) is 2.60. The first-order chi connectivity index (χ1) is 14.3. The zero-order chi connectivity index (χ0) is 23.4. The molecule has 12 heteroatoms. The van der Waals surface area contributed by atoms with Gasteiger partial charge >= 0.3 is 12.1 Å². The van der Waals surface area contributed by atoms with Crippen molar-refractivity contribution in [2.24, 2.45) is 0 Å². The number of sulfonamides is 1. The molecular formula is C19H19ClF3N3O4S. The number of alkyl halides is 3. The molecule has 0 aliphatic heterocycles. The van der Waals surface area contributed by atoms with Crippen LogP contribution in [0.2, 0.25) is 0 Å². The van der Waals surface area contributed by atoms with Gasteiger partial charge in [-0.2, -0.15) is 13.2 Å². The standard InChI is InChI=1S/C19H19ClF3N3O4S/c1-12-3-6-15(7-4-12)31(29,30)25-14-5-8-16(24-10-17(20)27)13(9-14)11-26(2)18(28)19(21,22)23/h3-9,24-25H,10-11H2,1-2H3. The fourth-order valence-corrected chi connectivity index (χ4v) is 3.72. The van der Waals surface area contributed by atoms with Crippen LogP contribution in [-0.4, -0.2) is 44.2 Å². The van der Waals surface area contributed by atoms with Crippen molar-refractivity contribution in [2.75, 3.05) is 23.6 Å². The summed E-state index contributed by atoms with van der Waals surface area (Å²) in [5.74, 6) is -2.07. The Bertz CT molecular complexity index is 1070. The number of rotatable bonds is 8. The monoisotopic (exact) mass is 477 g/mol. The highest BCUT2D eigenvalue weighted by Crippen LogP contribution is 2.26. The summed E-state index contributed by atoms with van der Waals surface area (Å²) >= 11 is 5.29. The highest BCUT2D eigenvalue weighted by molar-refractivity contribution is 7.92. The number of carbonyl (C=O) groups is 2. The zero-order valence-electron chi connectivity index (χ0n) is 16.5. The maximum Gasteiger partial charge on any atom is 0.471 e. The Morgan fingerprint density at radius 3 is 2.26 bits per heavy atom. The quantitative estimate of drug-likeness (QED) is 0.567. The topological polar surface area (TPSA) is 95.6 Å². The van der Waals surface area contributed by atoms with Crippen LogP contribution in [0.5, 0.6) is 0 Å². The first-order valence-electron chi connectivity index (χ1n) is 8.76. The molecule has 0 aliphatic carbocycles. The van der Waals surface area contributed by atoms with Crippen LogP contribution >= 0.6 is 11.6 Å². The van der Waals surface area contributed by atoms with E-state index in [0.717, 1.165) is 12.6 Å². The van der Waals surface area contributed by atoms with Crippen LogP contribution < -0.4 is 10.0 Å². The summed E-state index contributed by atoms with van der Waals surface area (Å²) in [6.07, 6.45) is -5.07. The lowest BCUT2D eigenvalue weighted by Crippen LogP contribution is -2.38. The Balaban J connectivity index is 2.35. The number of hydrogen-bond acceptors (Lipinski definition) is 5. The minimum absolute atomic E-state index is 0.000967. The molecule has 7 nitrogen and oxygen atoms in total. The first-order valence-corrected chi connectivity index (χ1v) is 10.6. The molecule has 0 saturated heterocycles. The molecule has 0 heterocycles. The van der Waals surface area contributed by atoms with Gasteiger partial charge in [0.15, 0.2) is 0 Å². The van der Waals surface area contributed by atoms with Gasteiger partial charge in [0, 0.05) is 25.0 Å². The normalized spacial score (nSPS) is 11.7. The summed E-state index contributed by atoms with van der Waals surface area (Å²) in [6, 6.07) is 10.1. The lowest BCUT2D eigenvalue weighted by molar-refractivity contribution is -0.184. The molecule has 2 aromatic carbocycles. The van der Waals surface area contributed by atoms with Crippen LogP contribution in [0.4, 0.5) is 24.5 Å². The van der Waals surface area contributed by atoms with Crippen LogP contribution in [0, 0.1) is 6.92 Å². The molecule has 0 unspecified atom stereocenters. The number of nitrogens with one attached hydrogen (secondary N) is 2. The van der Waals surface area contributed by atoms with Gasteiger partial charge in [-0.25, -0.2) is 8.42 Å². The Kier molecular flexibility index (Phi) is 7.55. The second-order valence-electron chi connectivity index (χ2n) is 6.66. The molecule has 2 N–H and O–H groups in total. The Morgan fingerprint density at radius 2 is 1.71 bits per heavy atom. The fraction of sp³-hybridized carbons (Fsp3) is 0.263. The van der Waals surface area contributed by atoms with Crippen LogP contribution in [0.3, 0.4) is 0 Å². The minimum Gasteiger partial charge on any atom is -0.376 e. The zero-order valence-corrected chi connectivity index (χ0v) is 18.0. The summed E-state index contributed by atoms with van der Waals surface area (Å²) in [5, 5.41) is 1.90. The third kappa shape index (κ3) is 6.86. The summed E-state index contributed by atoms with van der Waals surface area (Å²) in [5.41, 5.74) is 1.28. The summed E-state index contributed by atoms with van der Waals surface area (Å²) in [4.78, 5) is 22.9. The maximum absolute atomic E-state index is 12.7. The Morgan fingerprint density at radius 1 is 1.10 bits per heavy atom. The van der Waals surface area contributed by atoms with Gasteiger partial charge in [-0.1, -0.05) is 17.7 Å². The molecule has 0 fully saturated rings. The molecule has 1 amide bonds. The van der Waals surface area contributed by atoms with Gasteiger partial charge in [-0.15, -0.1) is 0 Å². The molecule has 168 valence electrons. The summed E-state index contributed by atoms with van der Waals surface area (Å²) in [7, 11) is -3.01. The van der Waals surface area contributed by atoms with E-state index in [1.807, 2.05) is 0 Å². The van der Waals surface area contributed by atoms with E-state index in [-0.39, 0.29) is 28.4 Å². The van der Waals surface area contributed by atoms with Gasteiger partial charge in [0.25, 0.3) is 10.0 Å². The third-order valence-corrected chi connectivity index (χ3v) is 5.63. The van der Waals surface area contributed by atoms with E-state index < -0.39 is 33.9 Å². The average Bonchev–Trinajstić information content (AvgIpc) is 2.66. The number of halogens is 4. The minimum atomic E-state index is -5.07. The number of carbonyl (C=O) groups excluding carboxylic acids is 2. The molecular weight excluding hydrogens is 459 g/mol. The number of amides is 1. The van der Waals surface area contributed by atoms with Gasteiger partial charge in [-0.3, -0.25) is 14.3 Å². The van der Waals surface area contributed by atoms with Crippen molar-refractivity contribution in [3.8, 4) is 0 Å². The largest absolute Gasteiger partial charge is 0.471 e. The second kappa shape index (κ2) is 9.56. The van der Waals surface area contributed by atoms with Gasteiger partial charge < -0.3 is 10.2 Å². The van der Waals surface area contributed by atoms with E-state index in [1.54, 1.807) is 19.1 Å². The highest BCUT2D eigenvalue weighted by Gasteiger charge is 2.41. The van der Waals surface area contributed by atoms with Crippen molar-refractivity contribution in [1.29, 1.82) is 0 Å². The van der Waals surface area contributed by atoms with E-state index in [1.165, 1.54) is 30.3 Å². The summed E-state index contributed by atoms with van der Waals surface area (Å²) < 4.78 is 65.7. The molecule has 31 heavy (non-hydrogen) atoms. The lowest BCUT2D eigenvalue weighted by atomic mass is 10.1. The van der Waals surface area contributed by atoms with Crippen LogP contribution in [0.15, 0.2) is 47.4 Å². The van der Waals surface area contributed by atoms with Crippen molar-refractivity contribution in [3.05, 3.63) is 53.6 Å². The Hall–Kier alpha value is -2.79. The van der Waals surface area contributed by atoms with Gasteiger partial charge in [0.05, 0.1) is 11.4 Å². The first kappa shape index (κ1) is 24.5. The van der Waals surface area contributed by atoms with E-state index in [2.05, 4.69) is 10.0 Å². The lowest BCUT2D eigenvalue weighted by Gasteiger charge is -2.21. The number of benzene rings is 2. The predicted molar refractivity (Wildman–Crippen MR) is 110 cm³/mol. The molecule has 2 rings (SSSR count). The van der Waals surface area contributed by atoms with Gasteiger partial charge in [-0.05, 0) is 54.4 Å². The smallest absolute Gasteiger partial charge is 0.376 e. The van der Waals surface area contributed by atoms with Crippen molar-refractivity contribution in [2.45, 2.75) is 24.5 Å². The van der Waals surface area contributed by atoms with Crippen LogP contribution in [-0.2, 0) is 26.2 Å². The van der Waals surface area contributed by atoms with Crippen molar-refractivity contribution in [1.82, 2.24) is 4.90 Å². The third-order valence-electron chi connectivity index (χ3n) is 4.10. The Labute approximate surface area is 182 Å². The molecule has 0 aromatic heterocycles. The number of aryl methyl sites for hydroxylation is 1. The molecule has 0 saturated carbocycles. The molecule has 2 aromatic rings. The molecule has 0 aliphatic rings. The van der Waals surface area contributed by atoms with Crippen LogP contribution in [0.1, 0.15) is 11.1 Å². The van der Waals surface area contributed by atoms with Crippen molar-refractivity contribution < 1.29 is 31.2 Å². The van der Waals surface area contributed by atoms with E-state index in [9.17, 15) is 31.2 Å². The van der Waals surface area contributed by atoms with E-state index in [4.69, 9.17) is 11.6 Å². The summed E-state index contributed by atoms with van der Waals surface area (Å²) in [6.45, 7) is 0.976. The molecule has 0 radical (unpaired) electrons. The van der Waals surface area contributed by atoms with Crippen molar-refractivity contribution in [3.63, 3.8) is 0 Å². The van der Waals surface area contributed by atoms with Crippen LogP contribution in [0.25, 0.3) is 0 Å². The predicted octanol–water partition coefficient (Wildman–Crippen LogP) is 3.49. The molecule has 0 spiro atoms. The molecule has 0 bridgehead atoms. The van der Waals surface area contributed by atoms with Crippen molar-refractivity contribution >= 4 is 44.1 Å². The maximum atomic E-state index is 12.7. The van der Waals surface area contributed by atoms with E-state index >= 15 is 0 Å². The SMILES string of the molecule is Cc1ccc(S(=O)(=O)Nc2ccc(NCC(=O)Cl)c(CN(C)C(=O)C(F)(F)F)c2)cc1. The number of hydrogen-bond donors (Lipinski definition) is 2. The van der Waals surface area contributed by atoms with E-state index in [0.29, 0.717) is 4.90 Å². The van der Waals surface area contributed by atoms with Gasteiger partial charge in [0.2, 0.25) is 5.24 Å². The average molecular weight is 478 g/mol. The van der Waals surface area contributed by atoms with Gasteiger partial charge in [0.1, 0.15) is 0 Å². The highest BCUT2D eigenvalue weighted by atomic mass is 35.5. The number of anilines is 2.